The molecule has 0 spiro atoms. The Hall–Kier alpha value is -3.66. The molecule has 0 radical (unpaired) electrons. The fraction of sp³-hybridized carbons (Fsp3) is 0.0588. The summed E-state index contributed by atoms with van der Waals surface area (Å²) < 4.78 is 4.59. The molecule has 0 heterocycles. The fourth-order valence-electron chi connectivity index (χ4n) is 1.88. The molecule has 0 saturated heterocycles. The number of rotatable bonds is 3. The van der Waals surface area contributed by atoms with Crippen molar-refractivity contribution < 1.29 is 19.1 Å². The van der Waals surface area contributed by atoms with Crippen LogP contribution in [0.25, 0.3) is 0 Å². The van der Waals surface area contributed by atoms with Gasteiger partial charge in [0.25, 0.3) is 0 Å². The zero-order valence-corrected chi connectivity index (χ0v) is 12.7. The highest BCUT2D eigenvalue weighted by molar-refractivity contribution is 6.43. The van der Waals surface area contributed by atoms with Gasteiger partial charge < -0.3 is 15.4 Å². The molecule has 0 aromatic heterocycles. The highest BCUT2D eigenvalue weighted by Crippen LogP contribution is 2.13. The molecule has 2 rings (SSSR count). The first-order chi connectivity index (χ1) is 11.5. The summed E-state index contributed by atoms with van der Waals surface area (Å²) in [4.78, 5) is 35.3. The maximum absolute atomic E-state index is 11.9. The average Bonchev–Trinajstić information content (AvgIpc) is 2.61. The summed E-state index contributed by atoms with van der Waals surface area (Å²) in [5.41, 5.74) is 1.22. The summed E-state index contributed by atoms with van der Waals surface area (Å²) in [6.07, 6.45) is 0. The molecule has 24 heavy (non-hydrogen) atoms. The van der Waals surface area contributed by atoms with E-state index in [0.29, 0.717) is 11.3 Å². The van der Waals surface area contributed by atoms with Crippen LogP contribution in [0.1, 0.15) is 15.9 Å². The molecule has 7 nitrogen and oxygen atoms in total. The smallest absolute Gasteiger partial charge is 0.337 e. The van der Waals surface area contributed by atoms with Gasteiger partial charge in [-0.05, 0) is 36.4 Å². The van der Waals surface area contributed by atoms with E-state index in [-0.39, 0.29) is 11.3 Å². The number of nitriles is 1. The Balaban J connectivity index is 2.05. The normalized spacial score (nSPS) is 9.50. The zero-order valence-electron chi connectivity index (χ0n) is 12.7. The van der Waals surface area contributed by atoms with Gasteiger partial charge in [-0.15, -0.1) is 0 Å². The van der Waals surface area contributed by atoms with E-state index in [1.54, 1.807) is 24.3 Å². The predicted molar refractivity (Wildman–Crippen MR) is 86.2 cm³/mol. The Morgan fingerprint density at radius 3 is 2.12 bits per heavy atom. The van der Waals surface area contributed by atoms with E-state index in [4.69, 9.17) is 5.26 Å². The van der Waals surface area contributed by atoms with Crippen molar-refractivity contribution in [1.29, 1.82) is 5.26 Å². The summed E-state index contributed by atoms with van der Waals surface area (Å²) in [6, 6.07) is 14.1. The van der Waals surface area contributed by atoms with Crippen LogP contribution in [0, 0.1) is 11.3 Å². The third-order valence-corrected chi connectivity index (χ3v) is 3.00. The first kappa shape index (κ1) is 16.7. The summed E-state index contributed by atoms with van der Waals surface area (Å²) >= 11 is 0. The maximum Gasteiger partial charge on any atom is 0.337 e. The van der Waals surface area contributed by atoms with Crippen LogP contribution in [0.2, 0.25) is 0 Å². The minimum atomic E-state index is -0.903. The zero-order chi connectivity index (χ0) is 17.5. The molecule has 2 aromatic carbocycles. The lowest BCUT2D eigenvalue weighted by Crippen LogP contribution is -2.29. The molecular formula is C17H13N3O4. The maximum atomic E-state index is 11.9. The second-order valence-corrected chi connectivity index (χ2v) is 4.67. The Bertz CT molecular complexity index is 840. The van der Waals surface area contributed by atoms with Crippen molar-refractivity contribution in [2.75, 3.05) is 17.7 Å². The first-order valence-electron chi connectivity index (χ1n) is 6.84. The lowest BCUT2D eigenvalue weighted by Gasteiger charge is -2.07. The highest BCUT2D eigenvalue weighted by atomic mass is 16.5. The topological polar surface area (TPSA) is 108 Å². The quantitative estimate of drug-likeness (QED) is 0.662. The van der Waals surface area contributed by atoms with Gasteiger partial charge in [0.05, 0.1) is 24.3 Å². The molecule has 0 atom stereocenters. The number of nitrogens with one attached hydrogen (secondary N) is 2. The van der Waals surface area contributed by atoms with E-state index in [2.05, 4.69) is 15.4 Å². The highest BCUT2D eigenvalue weighted by Gasteiger charge is 2.15. The largest absolute Gasteiger partial charge is 0.465 e. The average molecular weight is 323 g/mol. The Kier molecular flexibility index (Phi) is 5.26. The van der Waals surface area contributed by atoms with E-state index in [9.17, 15) is 14.4 Å². The number of ether oxygens (including phenoxy) is 1. The monoisotopic (exact) mass is 323 g/mol. The van der Waals surface area contributed by atoms with Crippen LogP contribution in [0.3, 0.4) is 0 Å². The van der Waals surface area contributed by atoms with E-state index in [1.165, 1.54) is 31.4 Å². The Labute approximate surface area is 137 Å². The van der Waals surface area contributed by atoms with Crippen molar-refractivity contribution in [2.45, 2.75) is 0 Å². The van der Waals surface area contributed by atoms with Crippen molar-refractivity contribution >= 4 is 29.2 Å². The van der Waals surface area contributed by atoms with E-state index in [1.807, 2.05) is 6.07 Å². The summed E-state index contributed by atoms with van der Waals surface area (Å²) in [7, 11) is 1.25. The molecule has 0 fully saturated rings. The van der Waals surface area contributed by atoms with Gasteiger partial charge in [-0.2, -0.15) is 5.26 Å². The van der Waals surface area contributed by atoms with Gasteiger partial charge in [0.2, 0.25) is 0 Å². The van der Waals surface area contributed by atoms with Gasteiger partial charge in [0.1, 0.15) is 0 Å². The van der Waals surface area contributed by atoms with E-state index in [0.717, 1.165) is 0 Å². The summed E-state index contributed by atoms with van der Waals surface area (Å²) in [5, 5.41) is 13.6. The number of carbonyl (C=O) groups excluding carboxylic acids is 3. The SMILES string of the molecule is COC(=O)c1cccc(NC(=O)C(=O)Nc2cccc(C#N)c2)c1. The second kappa shape index (κ2) is 7.56. The molecule has 0 aliphatic heterocycles. The van der Waals surface area contributed by atoms with E-state index < -0.39 is 17.8 Å². The van der Waals surface area contributed by atoms with Crippen LogP contribution in [0.15, 0.2) is 48.5 Å². The van der Waals surface area contributed by atoms with Crippen molar-refractivity contribution in [1.82, 2.24) is 0 Å². The third kappa shape index (κ3) is 4.18. The molecule has 0 saturated carbocycles. The van der Waals surface area contributed by atoms with Crippen LogP contribution in [-0.4, -0.2) is 24.9 Å². The van der Waals surface area contributed by atoms with Crippen LogP contribution in [-0.2, 0) is 14.3 Å². The molecular weight excluding hydrogens is 310 g/mol. The van der Waals surface area contributed by atoms with Crippen LogP contribution in [0.4, 0.5) is 11.4 Å². The van der Waals surface area contributed by atoms with Crippen LogP contribution >= 0.6 is 0 Å². The number of benzene rings is 2. The number of esters is 1. The molecule has 0 unspecified atom stereocenters. The van der Waals surface area contributed by atoms with Crippen molar-refractivity contribution in [3.8, 4) is 6.07 Å². The number of hydrogen-bond acceptors (Lipinski definition) is 5. The number of anilines is 2. The molecule has 0 aliphatic rings. The number of methoxy groups -OCH3 is 1. The fourth-order valence-corrected chi connectivity index (χ4v) is 1.88. The third-order valence-electron chi connectivity index (χ3n) is 3.00. The van der Waals surface area contributed by atoms with Gasteiger partial charge in [0, 0.05) is 11.4 Å². The van der Waals surface area contributed by atoms with Gasteiger partial charge in [-0.1, -0.05) is 12.1 Å². The van der Waals surface area contributed by atoms with E-state index >= 15 is 0 Å². The molecule has 2 aromatic rings. The first-order valence-corrected chi connectivity index (χ1v) is 6.84. The number of carbonyl (C=O) groups is 3. The molecule has 2 N–H and O–H groups in total. The van der Waals surface area contributed by atoms with Gasteiger partial charge in [-0.3, -0.25) is 9.59 Å². The Morgan fingerprint density at radius 2 is 1.54 bits per heavy atom. The van der Waals surface area contributed by atoms with Gasteiger partial charge in [-0.25, -0.2) is 4.79 Å². The molecule has 7 heteroatoms. The van der Waals surface area contributed by atoms with Gasteiger partial charge in [0.15, 0.2) is 0 Å². The summed E-state index contributed by atoms with van der Waals surface area (Å²) in [5.74, 6) is -2.35. The summed E-state index contributed by atoms with van der Waals surface area (Å²) in [6.45, 7) is 0. The number of hydrogen-bond donors (Lipinski definition) is 2. The second-order valence-electron chi connectivity index (χ2n) is 4.67. The van der Waals surface area contributed by atoms with Crippen molar-refractivity contribution in [2.24, 2.45) is 0 Å². The number of amides is 2. The standard InChI is InChI=1S/C17H13N3O4/c1-24-17(23)12-5-3-7-14(9-12)20-16(22)15(21)19-13-6-2-4-11(8-13)10-18/h2-9H,1H3,(H,19,21)(H,20,22). The molecule has 2 amide bonds. The lowest BCUT2D eigenvalue weighted by atomic mass is 10.2. The van der Waals surface area contributed by atoms with Crippen molar-refractivity contribution in [3.63, 3.8) is 0 Å². The van der Waals surface area contributed by atoms with Crippen LogP contribution in [0.5, 0.6) is 0 Å². The lowest BCUT2D eigenvalue weighted by molar-refractivity contribution is -0.132. The van der Waals surface area contributed by atoms with Crippen LogP contribution < -0.4 is 10.6 Å². The molecule has 120 valence electrons. The minimum Gasteiger partial charge on any atom is -0.465 e. The predicted octanol–water partition coefficient (Wildman–Crippen LogP) is 1.92. The molecule has 0 bridgehead atoms. The van der Waals surface area contributed by atoms with Crippen molar-refractivity contribution in [3.05, 3.63) is 59.7 Å². The van der Waals surface area contributed by atoms with Gasteiger partial charge >= 0.3 is 17.8 Å². The number of nitrogens with zero attached hydrogens (tertiary/aromatic N) is 1. The minimum absolute atomic E-state index is 0.248. The Morgan fingerprint density at radius 1 is 0.958 bits per heavy atom. The molecule has 0 aliphatic carbocycles.